The summed E-state index contributed by atoms with van der Waals surface area (Å²) in [6, 6.07) is 24.9. The van der Waals surface area contributed by atoms with E-state index in [9.17, 15) is 0 Å². The fourth-order valence-electron chi connectivity index (χ4n) is 3.71. The molecule has 1 atom stereocenters. The summed E-state index contributed by atoms with van der Waals surface area (Å²) in [5.41, 5.74) is 3.33. The predicted octanol–water partition coefficient (Wildman–Crippen LogP) is 4.22. The van der Waals surface area contributed by atoms with E-state index in [-0.39, 0.29) is 24.0 Å². The van der Waals surface area contributed by atoms with Gasteiger partial charge in [-0.15, -0.1) is 24.0 Å². The zero-order valence-corrected chi connectivity index (χ0v) is 20.6. The van der Waals surface area contributed by atoms with E-state index in [1.165, 1.54) is 5.69 Å². The smallest absolute Gasteiger partial charge is 0.191 e. The number of aromatic nitrogens is 1. The van der Waals surface area contributed by atoms with Crippen molar-refractivity contribution >= 4 is 35.6 Å². The largest absolute Gasteiger partial charge is 0.487 e. The lowest BCUT2D eigenvalue weighted by Gasteiger charge is -2.20. The first kappa shape index (κ1) is 23.8. The third-order valence-electron chi connectivity index (χ3n) is 5.35. The van der Waals surface area contributed by atoms with Crippen LogP contribution in [0.5, 0.6) is 5.75 Å². The molecule has 0 amide bonds. The van der Waals surface area contributed by atoms with Gasteiger partial charge in [-0.25, -0.2) is 0 Å². The number of rotatable bonds is 7. The molecule has 2 aromatic carbocycles. The van der Waals surface area contributed by atoms with Crippen LogP contribution in [0.15, 0.2) is 84.0 Å². The van der Waals surface area contributed by atoms with Gasteiger partial charge in [-0.05, 0) is 48.4 Å². The highest BCUT2D eigenvalue weighted by Gasteiger charge is 2.23. The number of aliphatic imine (C=N–C) groups is 1. The van der Waals surface area contributed by atoms with Crippen molar-refractivity contribution in [1.82, 2.24) is 15.6 Å². The standard InChI is InChI=1S/C25H29N5O.HI/c1-26-25(29-21-13-15-30(18-21)23-10-3-2-4-11-23)28-17-20-8-7-12-24(16-20)31-19-22-9-5-6-14-27-22;/h2-12,14,16,21H,13,15,17-19H2,1H3,(H2,26,28,29);1H. The molecule has 0 aliphatic carbocycles. The van der Waals surface area contributed by atoms with Gasteiger partial charge in [0, 0.05) is 44.6 Å². The molecular formula is C25H30IN5O. The Morgan fingerprint density at radius 1 is 1.09 bits per heavy atom. The average Bonchev–Trinajstić information content (AvgIpc) is 3.30. The van der Waals surface area contributed by atoms with Gasteiger partial charge in [0.1, 0.15) is 12.4 Å². The number of hydrogen-bond acceptors (Lipinski definition) is 4. The lowest BCUT2D eigenvalue weighted by molar-refractivity contribution is 0.301. The van der Waals surface area contributed by atoms with Gasteiger partial charge in [-0.2, -0.15) is 0 Å². The number of para-hydroxylation sites is 1. The summed E-state index contributed by atoms with van der Waals surface area (Å²) in [6.45, 7) is 3.16. The molecule has 7 heteroatoms. The van der Waals surface area contributed by atoms with E-state index in [0.717, 1.165) is 42.5 Å². The number of nitrogens with one attached hydrogen (secondary N) is 2. The van der Waals surface area contributed by atoms with Crippen LogP contribution in [0.4, 0.5) is 5.69 Å². The van der Waals surface area contributed by atoms with Gasteiger partial charge in [0.2, 0.25) is 0 Å². The highest BCUT2D eigenvalue weighted by Crippen LogP contribution is 2.19. The van der Waals surface area contributed by atoms with Crippen molar-refractivity contribution in [3.63, 3.8) is 0 Å². The summed E-state index contributed by atoms with van der Waals surface area (Å²) in [6.07, 6.45) is 2.87. The molecule has 1 aromatic heterocycles. The molecule has 168 valence electrons. The maximum atomic E-state index is 5.89. The van der Waals surface area contributed by atoms with Crippen LogP contribution in [0.25, 0.3) is 0 Å². The summed E-state index contributed by atoms with van der Waals surface area (Å²) >= 11 is 0. The number of halogens is 1. The van der Waals surface area contributed by atoms with Crippen molar-refractivity contribution in [3.05, 3.63) is 90.3 Å². The fourth-order valence-corrected chi connectivity index (χ4v) is 3.71. The maximum absolute atomic E-state index is 5.89. The molecule has 2 heterocycles. The normalized spacial score (nSPS) is 15.7. The number of benzene rings is 2. The van der Waals surface area contributed by atoms with Crippen LogP contribution in [-0.2, 0) is 13.2 Å². The Bertz CT molecular complexity index is 984. The van der Waals surface area contributed by atoms with Gasteiger partial charge >= 0.3 is 0 Å². The number of ether oxygens (including phenoxy) is 1. The van der Waals surface area contributed by atoms with E-state index in [1.807, 2.05) is 37.4 Å². The number of nitrogens with zero attached hydrogens (tertiary/aromatic N) is 3. The Balaban J connectivity index is 0.00000289. The topological polar surface area (TPSA) is 61.8 Å². The Labute approximate surface area is 207 Å². The second kappa shape index (κ2) is 12.3. The molecule has 0 bridgehead atoms. The Kier molecular flexibility index (Phi) is 9.15. The van der Waals surface area contributed by atoms with E-state index >= 15 is 0 Å². The van der Waals surface area contributed by atoms with E-state index in [4.69, 9.17) is 4.74 Å². The third kappa shape index (κ3) is 6.85. The maximum Gasteiger partial charge on any atom is 0.191 e. The molecule has 1 fully saturated rings. The SMILES string of the molecule is CN=C(NCc1cccc(OCc2ccccn2)c1)NC1CCN(c2ccccc2)C1.I. The second-order valence-corrected chi connectivity index (χ2v) is 7.59. The van der Waals surface area contributed by atoms with Gasteiger partial charge in [-0.3, -0.25) is 9.98 Å². The molecule has 4 rings (SSSR count). The number of hydrogen-bond donors (Lipinski definition) is 2. The van der Waals surface area contributed by atoms with Crippen molar-refractivity contribution in [3.8, 4) is 5.75 Å². The zero-order valence-electron chi connectivity index (χ0n) is 18.3. The minimum absolute atomic E-state index is 0. The highest BCUT2D eigenvalue weighted by molar-refractivity contribution is 14.0. The van der Waals surface area contributed by atoms with Gasteiger partial charge in [0.05, 0.1) is 5.69 Å². The zero-order chi connectivity index (χ0) is 21.3. The molecule has 1 aliphatic rings. The molecule has 0 spiro atoms. The monoisotopic (exact) mass is 543 g/mol. The van der Waals surface area contributed by atoms with Crippen LogP contribution in [0, 0.1) is 0 Å². The lowest BCUT2D eigenvalue weighted by Crippen LogP contribution is -2.44. The van der Waals surface area contributed by atoms with Crippen molar-refractivity contribution in [2.75, 3.05) is 25.0 Å². The van der Waals surface area contributed by atoms with Crippen molar-refractivity contribution < 1.29 is 4.74 Å². The molecule has 3 aromatic rings. The summed E-state index contributed by atoms with van der Waals surface area (Å²) in [5, 5.41) is 6.98. The summed E-state index contributed by atoms with van der Waals surface area (Å²) < 4.78 is 5.89. The van der Waals surface area contributed by atoms with Crippen LogP contribution >= 0.6 is 24.0 Å². The van der Waals surface area contributed by atoms with Crippen LogP contribution in [-0.4, -0.2) is 37.1 Å². The molecule has 0 saturated carbocycles. The summed E-state index contributed by atoms with van der Waals surface area (Å²) in [5.74, 6) is 1.65. The number of anilines is 1. The van der Waals surface area contributed by atoms with E-state index in [0.29, 0.717) is 19.2 Å². The van der Waals surface area contributed by atoms with Crippen molar-refractivity contribution in [2.24, 2.45) is 4.99 Å². The van der Waals surface area contributed by atoms with Crippen molar-refractivity contribution in [2.45, 2.75) is 25.6 Å². The molecular weight excluding hydrogens is 513 g/mol. The van der Waals surface area contributed by atoms with Gasteiger partial charge in [-0.1, -0.05) is 36.4 Å². The van der Waals surface area contributed by atoms with Gasteiger partial charge in [0.25, 0.3) is 0 Å². The Hall–Kier alpha value is -2.81. The quantitative estimate of drug-likeness (QED) is 0.266. The summed E-state index contributed by atoms with van der Waals surface area (Å²) in [4.78, 5) is 11.1. The molecule has 6 nitrogen and oxygen atoms in total. The van der Waals surface area contributed by atoms with E-state index in [1.54, 1.807) is 6.20 Å². The Morgan fingerprint density at radius 2 is 1.94 bits per heavy atom. The average molecular weight is 543 g/mol. The minimum atomic E-state index is 0. The molecule has 1 unspecified atom stereocenters. The summed E-state index contributed by atoms with van der Waals surface area (Å²) in [7, 11) is 1.81. The minimum Gasteiger partial charge on any atom is -0.487 e. The van der Waals surface area contributed by atoms with E-state index in [2.05, 4.69) is 68.0 Å². The van der Waals surface area contributed by atoms with Crippen LogP contribution in [0.2, 0.25) is 0 Å². The first-order valence-electron chi connectivity index (χ1n) is 10.7. The molecule has 2 N–H and O–H groups in total. The van der Waals surface area contributed by atoms with E-state index < -0.39 is 0 Å². The van der Waals surface area contributed by atoms with Crippen LogP contribution in [0.1, 0.15) is 17.7 Å². The van der Waals surface area contributed by atoms with Gasteiger partial charge in [0.15, 0.2) is 5.96 Å². The first-order valence-corrected chi connectivity index (χ1v) is 10.7. The predicted molar refractivity (Wildman–Crippen MR) is 141 cm³/mol. The van der Waals surface area contributed by atoms with Crippen molar-refractivity contribution in [1.29, 1.82) is 0 Å². The Morgan fingerprint density at radius 3 is 2.72 bits per heavy atom. The molecule has 0 radical (unpaired) electrons. The number of pyridine rings is 1. The van der Waals surface area contributed by atoms with Gasteiger partial charge < -0.3 is 20.3 Å². The lowest BCUT2D eigenvalue weighted by atomic mass is 10.2. The highest BCUT2D eigenvalue weighted by atomic mass is 127. The second-order valence-electron chi connectivity index (χ2n) is 7.59. The first-order chi connectivity index (χ1) is 15.3. The molecule has 1 aliphatic heterocycles. The number of guanidine groups is 1. The third-order valence-corrected chi connectivity index (χ3v) is 5.35. The van der Waals surface area contributed by atoms with Crippen LogP contribution in [0.3, 0.4) is 0 Å². The molecule has 1 saturated heterocycles. The molecule has 32 heavy (non-hydrogen) atoms. The fraction of sp³-hybridized carbons (Fsp3) is 0.280. The van der Waals surface area contributed by atoms with Crippen LogP contribution < -0.4 is 20.3 Å².